The minimum absolute atomic E-state index is 0.138. The zero-order chi connectivity index (χ0) is 17.6. The summed E-state index contributed by atoms with van der Waals surface area (Å²) < 4.78 is 12.9. The molecule has 1 saturated heterocycles. The fourth-order valence-corrected chi connectivity index (χ4v) is 2.66. The number of aromatic nitrogens is 2. The monoisotopic (exact) mass is 344 g/mol. The maximum absolute atomic E-state index is 12.9. The molecule has 1 aliphatic rings. The predicted octanol–water partition coefficient (Wildman–Crippen LogP) is 0.786. The lowest BCUT2D eigenvalue weighted by atomic mass is 10.1. The zero-order valence-electron chi connectivity index (χ0n) is 13.8. The number of guanidine groups is 1. The summed E-state index contributed by atoms with van der Waals surface area (Å²) >= 11 is 0. The highest BCUT2D eigenvalue weighted by Gasteiger charge is 2.20. The first-order valence-corrected chi connectivity index (χ1v) is 8.14. The molecule has 0 spiro atoms. The first kappa shape index (κ1) is 17.1. The van der Waals surface area contributed by atoms with E-state index in [1.165, 1.54) is 12.1 Å². The van der Waals surface area contributed by atoms with E-state index in [0.29, 0.717) is 30.6 Å². The van der Waals surface area contributed by atoms with Crippen molar-refractivity contribution in [3.8, 4) is 0 Å². The van der Waals surface area contributed by atoms with Crippen LogP contribution in [-0.2, 0) is 0 Å². The summed E-state index contributed by atoms with van der Waals surface area (Å²) in [6, 6.07) is 7.51. The maximum Gasteiger partial charge on any atom is 0.225 e. The van der Waals surface area contributed by atoms with Gasteiger partial charge in [0.1, 0.15) is 5.82 Å². The number of nitrogens with two attached hydrogens (primary N) is 1. The SMILES string of the molecule is NC(=NC[C@H](O)c1ccc(F)cc1)N1CCN(c2ncccn2)CC1. The minimum Gasteiger partial charge on any atom is -0.386 e. The Morgan fingerprint density at radius 2 is 1.80 bits per heavy atom. The zero-order valence-corrected chi connectivity index (χ0v) is 13.8. The molecule has 0 saturated carbocycles. The van der Waals surface area contributed by atoms with Crippen LogP contribution in [0.25, 0.3) is 0 Å². The average Bonchev–Trinajstić information content (AvgIpc) is 2.67. The second-order valence-electron chi connectivity index (χ2n) is 5.79. The number of benzene rings is 1. The van der Waals surface area contributed by atoms with Gasteiger partial charge in [0.15, 0.2) is 5.96 Å². The second kappa shape index (κ2) is 7.89. The van der Waals surface area contributed by atoms with Crippen molar-refractivity contribution in [3.05, 3.63) is 54.1 Å². The van der Waals surface area contributed by atoms with Crippen LogP contribution in [0.5, 0.6) is 0 Å². The molecule has 1 aromatic carbocycles. The van der Waals surface area contributed by atoms with Crippen molar-refractivity contribution in [2.75, 3.05) is 37.6 Å². The van der Waals surface area contributed by atoms with E-state index in [2.05, 4.69) is 19.9 Å². The maximum atomic E-state index is 12.9. The highest BCUT2D eigenvalue weighted by molar-refractivity contribution is 5.78. The van der Waals surface area contributed by atoms with Gasteiger partial charge in [-0.05, 0) is 23.8 Å². The highest BCUT2D eigenvalue weighted by atomic mass is 19.1. The lowest BCUT2D eigenvalue weighted by Gasteiger charge is -2.35. The molecule has 0 amide bonds. The number of rotatable bonds is 4. The molecule has 3 N–H and O–H groups in total. The molecule has 3 rings (SSSR count). The van der Waals surface area contributed by atoms with Crippen molar-refractivity contribution < 1.29 is 9.50 Å². The molecule has 0 radical (unpaired) electrons. The molecule has 1 atom stereocenters. The topological polar surface area (TPSA) is 90.9 Å². The third kappa shape index (κ3) is 4.42. The van der Waals surface area contributed by atoms with Gasteiger partial charge in [0, 0.05) is 38.6 Å². The van der Waals surface area contributed by atoms with Crippen LogP contribution in [0.2, 0.25) is 0 Å². The highest BCUT2D eigenvalue weighted by Crippen LogP contribution is 2.14. The van der Waals surface area contributed by atoms with Crippen LogP contribution in [0.4, 0.5) is 10.3 Å². The van der Waals surface area contributed by atoms with Crippen LogP contribution in [0.15, 0.2) is 47.7 Å². The van der Waals surface area contributed by atoms with Crippen molar-refractivity contribution >= 4 is 11.9 Å². The van der Waals surface area contributed by atoms with E-state index >= 15 is 0 Å². The minimum atomic E-state index is -0.807. The molecule has 1 aliphatic heterocycles. The summed E-state index contributed by atoms with van der Waals surface area (Å²) in [5.74, 6) is 0.776. The average molecular weight is 344 g/mol. The normalized spacial score (nSPS) is 16.8. The van der Waals surface area contributed by atoms with Gasteiger partial charge in [0.25, 0.3) is 0 Å². The lowest BCUT2D eigenvalue weighted by molar-refractivity contribution is 0.186. The number of aliphatic hydroxyl groups is 1. The van der Waals surface area contributed by atoms with Gasteiger partial charge < -0.3 is 20.6 Å². The number of aliphatic hydroxyl groups excluding tert-OH is 1. The Labute approximate surface area is 145 Å². The van der Waals surface area contributed by atoms with Gasteiger partial charge in [-0.3, -0.25) is 4.99 Å². The van der Waals surface area contributed by atoms with Crippen LogP contribution in [0.1, 0.15) is 11.7 Å². The number of hydrogen-bond acceptors (Lipinski definition) is 5. The van der Waals surface area contributed by atoms with Crippen LogP contribution >= 0.6 is 0 Å². The fourth-order valence-electron chi connectivity index (χ4n) is 2.66. The van der Waals surface area contributed by atoms with Gasteiger partial charge in [0.2, 0.25) is 5.95 Å². The van der Waals surface area contributed by atoms with E-state index in [4.69, 9.17) is 5.73 Å². The Bertz CT molecular complexity index is 701. The Kier molecular flexibility index (Phi) is 5.39. The van der Waals surface area contributed by atoms with E-state index in [0.717, 1.165) is 13.1 Å². The quantitative estimate of drug-likeness (QED) is 0.629. The van der Waals surface area contributed by atoms with Crippen molar-refractivity contribution in [2.24, 2.45) is 10.7 Å². The summed E-state index contributed by atoms with van der Waals surface area (Å²) in [7, 11) is 0. The summed E-state index contributed by atoms with van der Waals surface area (Å²) in [4.78, 5) is 16.8. The molecule has 2 aromatic rings. The van der Waals surface area contributed by atoms with Crippen molar-refractivity contribution in [3.63, 3.8) is 0 Å². The van der Waals surface area contributed by atoms with Crippen LogP contribution < -0.4 is 10.6 Å². The largest absolute Gasteiger partial charge is 0.386 e. The van der Waals surface area contributed by atoms with Crippen molar-refractivity contribution in [2.45, 2.75) is 6.10 Å². The molecule has 8 heteroatoms. The van der Waals surface area contributed by atoms with Crippen molar-refractivity contribution in [1.29, 1.82) is 0 Å². The summed E-state index contributed by atoms with van der Waals surface area (Å²) in [5, 5.41) is 10.1. The van der Waals surface area contributed by atoms with E-state index < -0.39 is 6.10 Å². The Balaban J connectivity index is 1.52. The van der Waals surface area contributed by atoms with Gasteiger partial charge in [-0.25, -0.2) is 14.4 Å². The molecule has 1 fully saturated rings. The molecule has 0 aliphatic carbocycles. The van der Waals surface area contributed by atoms with Gasteiger partial charge in [-0.2, -0.15) is 0 Å². The number of nitrogens with zero attached hydrogens (tertiary/aromatic N) is 5. The lowest BCUT2D eigenvalue weighted by Crippen LogP contribution is -2.51. The number of hydrogen-bond donors (Lipinski definition) is 2. The van der Waals surface area contributed by atoms with Gasteiger partial charge in [-0.1, -0.05) is 12.1 Å². The van der Waals surface area contributed by atoms with E-state index in [1.807, 2.05) is 4.90 Å². The molecule has 25 heavy (non-hydrogen) atoms. The van der Waals surface area contributed by atoms with Crippen LogP contribution in [0, 0.1) is 5.82 Å². The van der Waals surface area contributed by atoms with Crippen LogP contribution in [0.3, 0.4) is 0 Å². The van der Waals surface area contributed by atoms with Crippen molar-refractivity contribution in [1.82, 2.24) is 14.9 Å². The molecule has 1 aromatic heterocycles. The summed E-state index contributed by atoms with van der Waals surface area (Å²) in [5.41, 5.74) is 6.65. The fraction of sp³-hybridized carbons (Fsp3) is 0.353. The summed E-state index contributed by atoms with van der Waals surface area (Å²) in [6.07, 6.45) is 2.64. The smallest absolute Gasteiger partial charge is 0.225 e. The first-order chi connectivity index (χ1) is 12.1. The van der Waals surface area contributed by atoms with Gasteiger partial charge in [-0.15, -0.1) is 0 Å². The predicted molar refractivity (Wildman–Crippen MR) is 93.7 cm³/mol. The van der Waals surface area contributed by atoms with E-state index in [-0.39, 0.29) is 12.4 Å². The van der Waals surface area contributed by atoms with Gasteiger partial charge >= 0.3 is 0 Å². The first-order valence-electron chi connectivity index (χ1n) is 8.14. The third-order valence-electron chi connectivity index (χ3n) is 4.12. The number of anilines is 1. The molecular weight excluding hydrogens is 323 g/mol. The second-order valence-corrected chi connectivity index (χ2v) is 5.79. The molecule has 2 heterocycles. The van der Waals surface area contributed by atoms with Gasteiger partial charge in [0.05, 0.1) is 12.6 Å². The molecular formula is C17H21FN6O. The number of piperazine rings is 1. The van der Waals surface area contributed by atoms with E-state index in [1.54, 1.807) is 30.6 Å². The number of halogens is 1. The third-order valence-corrected chi connectivity index (χ3v) is 4.12. The molecule has 0 unspecified atom stereocenters. The number of aliphatic imine (C=N–C) groups is 1. The Hall–Kier alpha value is -2.74. The molecule has 0 bridgehead atoms. The van der Waals surface area contributed by atoms with Crippen LogP contribution in [-0.4, -0.2) is 58.7 Å². The van der Waals surface area contributed by atoms with E-state index in [9.17, 15) is 9.50 Å². The summed E-state index contributed by atoms with van der Waals surface area (Å²) in [6.45, 7) is 3.06. The Morgan fingerprint density at radius 3 is 2.44 bits per heavy atom. The molecule has 132 valence electrons. The Morgan fingerprint density at radius 1 is 1.16 bits per heavy atom. The molecule has 7 nitrogen and oxygen atoms in total. The standard InChI is InChI=1S/C17H21FN6O/c18-14-4-2-13(3-5-14)15(25)12-22-16(19)23-8-10-24(11-9-23)17-20-6-1-7-21-17/h1-7,15,25H,8-12H2,(H2,19,22)/t15-/m0/s1.